The fraction of sp³-hybridized carbons (Fsp3) is 0.368. The summed E-state index contributed by atoms with van der Waals surface area (Å²) in [6, 6.07) is 0.952. The number of benzene rings is 2. The van der Waals surface area contributed by atoms with Crippen molar-refractivity contribution in [2.24, 2.45) is 5.92 Å². The summed E-state index contributed by atoms with van der Waals surface area (Å²) in [6.07, 6.45) is -0.413. The molecule has 1 unspecified atom stereocenters. The third-order valence-corrected chi connectivity index (χ3v) is 3.79. The topological polar surface area (TPSA) is 39.7 Å². The second-order valence-corrected chi connectivity index (χ2v) is 5.30. The van der Waals surface area contributed by atoms with Crippen molar-refractivity contribution in [3.05, 3.63) is 53.7 Å². The van der Waals surface area contributed by atoms with E-state index in [2.05, 4.69) is 5.32 Å². The van der Waals surface area contributed by atoms with Gasteiger partial charge < -0.3 is 19.5 Å². The highest BCUT2D eigenvalue weighted by Gasteiger charge is 2.27. The lowest BCUT2D eigenvalue weighted by atomic mass is 9.81. The quantitative estimate of drug-likeness (QED) is 0.927. The van der Waals surface area contributed by atoms with Crippen LogP contribution in [0.5, 0.6) is 17.2 Å². The molecule has 0 aliphatic carbocycles. The number of nitrogens with one attached hydrogen (secondary N) is 1. The van der Waals surface area contributed by atoms with E-state index in [4.69, 9.17) is 27.9 Å². The van der Waals surface area contributed by atoms with Gasteiger partial charge in [0.15, 0.2) is 11.5 Å². The van der Waals surface area contributed by atoms with Crippen LogP contribution >= 0.6 is 0 Å². The number of halogens is 1. The van der Waals surface area contributed by atoms with Crippen molar-refractivity contribution in [1.29, 1.82) is 0 Å². The van der Waals surface area contributed by atoms with Crippen LogP contribution in [0.2, 0.25) is 0 Å². The van der Waals surface area contributed by atoms with Crippen LogP contribution in [0.4, 0.5) is 4.39 Å². The zero-order chi connectivity index (χ0) is 25.2. The molecule has 2 atom stereocenters. The molecule has 2 aromatic carbocycles. The molecule has 5 heteroatoms. The summed E-state index contributed by atoms with van der Waals surface area (Å²) in [5.41, 5.74) is -0.293. The molecule has 2 heterocycles. The first kappa shape index (κ1) is 7.74. The van der Waals surface area contributed by atoms with Gasteiger partial charge in [0.2, 0.25) is 6.75 Å². The Morgan fingerprint density at radius 1 is 1.25 bits per heavy atom. The number of rotatable bonds is 4. The molecule has 0 saturated carbocycles. The number of hydrogen-bond acceptors (Lipinski definition) is 4. The van der Waals surface area contributed by atoms with Gasteiger partial charge in [0.25, 0.3) is 0 Å². The van der Waals surface area contributed by atoms with Crippen LogP contribution in [0.3, 0.4) is 0 Å². The van der Waals surface area contributed by atoms with Crippen LogP contribution in [-0.4, -0.2) is 26.3 Å². The van der Waals surface area contributed by atoms with Crippen LogP contribution in [-0.2, 0) is 0 Å². The predicted octanol–water partition coefficient (Wildman–Crippen LogP) is 3.33. The van der Waals surface area contributed by atoms with E-state index in [1.807, 2.05) is 0 Å². The van der Waals surface area contributed by atoms with Crippen molar-refractivity contribution < 1.29 is 32.3 Å². The van der Waals surface area contributed by atoms with Gasteiger partial charge in [0.05, 0.1) is 12.1 Å². The van der Waals surface area contributed by atoms with Crippen LogP contribution in [0.1, 0.15) is 31.6 Å². The van der Waals surface area contributed by atoms with Gasteiger partial charge in [0.1, 0.15) is 14.3 Å². The Balaban J connectivity index is 1.69. The van der Waals surface area contributed by atoms with Crippen molar-refractivity contribution in [1.82, 2.24) is 5.32 Å². The number of piperidine rings is 1. The molecular weight excluding hydrogens is 309 g/mol. The van der Waals surface area contributed by atoms with E-state index in [1.165, 1.54) is 18.2 Å². The molecule has 4 rings (SSSR count). The van der Waals surface area contributed by atoms with Crippen molar-refractivity contribution >= 4 is 0 Å². The normalized spacial score (nSPS) is 34.7. The fourth-order valence-corrected chi connectivity index (χ4v) is 2.54. The van der Waals surface area contributed by atoms with E-state index in [1.54, 1.807) is 0 Å². The summed E-state index contributed by atoms with van der Waals surface area (Å²) in [5, 5.41) is 2.25. The van der Waals surface area contributed by atoms with E-state index in [9.17, 15) is 4.39 Å². The SMILES string of the molecule is [2H]c1c([2H])c(C2CC([2H])([2H])NC([2H])([2H])[C@H]2COc2ccc3c(c2)OC([2H])([2H])O3)c([2H])c([2H])c1F. The minimum atomic E-state index is -2.40. The van der Waals surface area contributed by atoms with Crippen LogP contribution in [0.15, 0.2) is 42.4 Å². The third-order valence-electron chi connectivity index (χ3n) is 3.79. The summed E-state index contributed by atoms with van der Waals surface area (Å²) in [6.45, 7) is -7.39. The first-order chi connectivity index (χ1) is 15.6. The van der Waals surface area contributed by atoms with E-state index < -0.39 is 68.0 Å². The fourth-order valence-electron chi connectivity index (χ4n) is 2.54. The zero-order valence-electron chi connectivity index (χ0n) is 22.4. The summed E-state index contributed by atoms with van der Waals surface area (Å²) in [5.74, 6) is -3.35. The minimum absolute atomic E-state index is 0.0679. The summed E-state index contributed by atoms with van der Waals surface area (Å²) in [4.78, 5) is 0. The molecule has 0 bridgehead atoms. The maximum absolute atomic E-state index is 14.1. The van der Waals surface area contributed by atoms with E-state index in [0.717, 1.165) is 0 Å². The molecule has 1 N–H and O–H groups in total. The standard InChI is InChI=1S/C19H20FNO3/c20-15-3-1-13(2-4-15)17-7-8-21-10-14(17)11-22-16-5-6-18-19(9-16)24-12-23-18/h1-6,9,14,17,21H,7-8,10-12H2/t14-,17?/m0/s1/i1D,2D,3D,4D,8D2,10D2,12D2. The van der Waals surface area contributed by atoms with Gasteiger partial charge in [-0.05, 0) is 48.6 Å². The van der Waals surface area contributed by atoms with Gasteiger partial charge in [-0.15, -0.1) is 0 Å². The van der Waals surface area contributed by atoms with Gasteiger partial charge in [0, 0.05) is 24.0 Å². The number of fused-ring (bicyclic) bond motifs is 1. The average molecular weight is 339 g/mol. The lowest BCUT2D eigenvalue weighted by Gasteiger charge is -2.32. The second-order valence-electron chi connectivity index (χ2n) is 5.30. The van der Waals surface area contributed by atoms with Crippen LogP contribution in [0.25, 0.3) is 0 Å². The summed E-state index contributed by atoms with van der Waals surface area (Å²) in [7, 11) is 0. The maximum atomic E-state index is 14.1. The molecule has 0 amide bonds. The first-order valence-corrected chi connectivity index (χ1v) is 7.32. The molecule has 1 fully saturated rings. The highest BCUT2D eigenvalue weighted by molar-refractivity contribution is 5.46. The largest absolute Gasteiger partial charge is 0.493 e. The highest BCUT2D eigenvalue weighted by atomic mass is 19.1. The van der Waals surface area contributed by atoms with Crippen LogP contribution in [0, 0.1) is 11.7 Å². The van der Waals surface area contributed by atoms with Crippen molar-refractivity contribution in [2.45, 2.75) is 12.3 Å². The molecular formula is C19H20FNO3. The molecule has 2 aliphatic rings. The van der Waals surface area contributed by atoms with E-state index >= 15 is 0 Å². The maximum Gasteiger partial charge on any atom is 0.231 e. The van der Waals surface area contributed by atoms with E-state index in [0.29, 0.717) is 0 Å². The Labute approximate surface area is 154 Å². The molecule has 126 valence electrons. The van der Waals surface area contributed by atoms with Crippen molar-refractivity contribution in [2.75, 3.05) is 26.3 Å². The van der Waals surface area contributed by atoms with Gasteiger partial charge >= 0.3 is 0 Å². The van der Waals surface area contributed by atoms with Gasteiger partial charge in [-0.2, -0.15) is 0 Å². The molecule has 1 saturated heterocycles. The molecule has 24 heavy (non-hydrogen) atoms. The van der Waals surface area contributed by atoms with Gasteiger partial charge in [-0.3, -0.25) is 0 Å². The Morgan fingerprint density at radius 2 is 2.08 bits per heavy atom. The predicted molar refractivity (Wildman–Crippen MR) is 88.2 cm³/mol. The summed E-state index contributed by atoms with van der Waals surface area (Å²) >= 11 is 0. The van der Waals surface area contributed by atoms with Crippen molar-refractivity contribution in [3.8, 4) is 17.2 Å². The first-order valence-electron chi connectivity index (χ1n) is 12.3. The monoisotopic (exact) mass is 339 g/mol. The molecule has 0 aromatic heterocycles. The second kappa shape index (κ2) is 6.69. The Morgan fingerprint density at radius 3 is 2.96 bits per heavy atom. The Hall–Kier alpha value is -2.27. The number of hydrogen-bond donors (Lipinski definition) is 1. The molecule has 2 aromatic rings. The van der Waals surface area contributed by atoms with Gasteiger partial charge in [-0.1, -0.05) is 12.1 Å². The smallest absolute Gasteiger partial charge is 0.231 e. The zero-order valence-corrected chi connectivity index (χ0v) is 12.4. The van der Waals surface area contributed by atoms with Crippen LogP contribution < -0.4 is 19.5 Å². The average Bonchev–Trinajstić information content (AvgIpc) is 3.02. The molecule has 0 spiro atoms. The number of ether oxygens (including phenoxy) is 3. The van der Waals surface area contributed by atoms with Gasteiger partial charge in [-0.25, -0.2) is 4.39 Å². The Kier molecular flexibility index (Phi) is 2.16. The summed E-state index contributed by atoms with van der Waals surface area (Å²) < 4.78 is 110. The third kappa shape index (κ3) is 3.17. The lowest BCUT2D eigenvalue weighted by molar-refractivity contribution is 0.173. The van der Waals surface area contributed by atoms with Crippen molar-refractivity contribution in [3.63, 3.8) is 0 Å². The van der Waals surface area contributed by atoms with E-state index in [-0.39, 0.29) is 29.4 Å². The lowest BCUT2D eigenvalue weighted by Crippen LogP contribution is -2.38. The minimum Gasteiger partial charge on any atom is -0.493 e. The molecule has 0 radical (unpaired) electrons. The molecule has 4 nitrogen and oxygen atoms in total. The highest BCUT2D eigenvalue weighted by Crippen LogP contribution is 2.36. The Bertz CT molecular complexity index is 1120. The molecule has 2 aliphatic heterocycles.